The molecular formula is C16H25N3O. The van der Waals surface area contributed by atoms with E-state index in [4.69, 9.17) is 4.98 Å². The van der Waals surface area contributed by atoms with Crippen molar-refractivity contribution < 1.29 is 0 Å². The lowest BCUT2D eigenvalue weighted by Gasteiger charge is -2.27. The molecule has 0 aromatic carbocycles. The highest BCUT2D eigenvalue weighted by Crippen LogP contribution is 2.35. The highest BCUT2D eigenvalue weighted by atomic mass is 16.1. The summed E-state index contributed by atoms with van der Waals surface area (Å²) in [5.74, 6) is 2.16. The van der Waals surface area contributed by atoms with Crippen LogP contribution in [0.4, 0.5) is 0 Å². The third-order valence-corrected chi connectivity index (χ3v) is 4.71. The van der Waals surface area contributed by atoms with Crippen LogP contribution in [0.1, 0.15) is 69.3 Å². The lowest BCUT2D eigenvalue weighted by molar-refractivity contribution is 0.306. The number of hydrogen-bond donors (Lipinski definition) is 2. The van der Waals surface area contributed by atoms with Gasteiger partial charge < -0.3 is 10.3 Å². The van der Waals surface area contributed by atoms with Crippen LogP contribution in [0.2, 0.25) is 0 Å². The molecule has 0 radical (unpaired) electrons. The summed E-state index contributed by atoms with van der Waals surface area (Å²) >= 11 is 0. The van der Waals surface area contributed by atoms with Gasteiger partial charge in [0.2, 0.25) is 0 Å². The Bertz CT molecular complexity index is 507. The van der Waals surface area contributed by atoms with Crippen molar-refractivity contribution in [3.8, 4) is 0 Å². The van der Waals surface area contributed by atoms with Crippen molar-refractivity contribution in [1.82, 2.24) is 15.3 Å². The fourth-order valence-electron chi connectivity index (χ4n) is 3.26. The molecule has 2 aliphatic rings. The van der Waals surface area contributed by atoms with Crippen LogP contribution in [0.5, 0.6) is 0 Å². The van der Waals surface area contributed by atoms with E-state index in [9.17, 15) is 4.79 Å². The zero-order chi connectivity index (χ0) is 13.9. The Morgan fingerprint density at radius 3 is 2.95 bits per heavy atom. The first-order valence-corrected chi connectivity index (χ1v) is 8.08. The highest BCUT2D eigenvalue weighted by Gasteiger charge is 2.24. The molecule has 0 bridgehead atoms. The van der Waals surface area contributed by atoms with Crippen LogP contribution in [0.25, 0.3) is 0 Å². The first-order valence-electron chi connectivity index (χ1n) is 8.08. The molecular weight excluding hydrogens is 250 g/mol. The van der Waals surface area contributed by atoms with Crippen LogP contribution in [0.15, 0.2) is 10.9 Å². The molecule has 1 aromatic heterocycles. The van der Waals surface area contributed by atoms with E-state index in [0.717, 1.165) is 24.0 Å². The van der Waals surface area contributed by atoms with Crippen LogP contribution in [0, 0.1) is 5.92 Å². The Hall–Kier alpha value is -1.16. The predicted octanol–water partition coefficient (Wildman–Crippen LogP) is 2.71. The molecule has 110 valence electrons. The summed E-state index contributed by atoms with van der Waals surface area (Å²) in [6, 6.07) is 2.29. The average Bonchev–Trinajstić information content (AvgIpc) is 3.29. The van der Waals surface area contributed by atoms with Crippen molar-refractivity contribution in [3.05, 3.63) is 27.9 Å². The van der Waals surface area contributed by atoms with E-state index in [-0.39, 0.29) is 5.56 Å². The smallest absolute Gasteiger partial charge is 0.251 e. The third-order valence-electron chi connectivity index (χ3n) is 4.71. The summed E-state index contributed by atoms with van der Waals surface area (Å²) in [7, 11) is 0. The normalized spacial score (nSPS) is 26.6. The number of H-pyrrole nitrogens is 1. The Morgan fingerprint density at radius 2 is 2.20 bits per heavy atom. The Balaban J connectivity index is 1.72. The van der Waals surface area contributed by atoms with Crippen molar-refractivity contribution in [2.75, 3.05) is 0 Å². The van der Waals surface area contributed by atoms with Crippen molar-refractivity contribution in [3.63, 3.8) is 0 Å². The molecule has 0 saturated heterocycles. The lowest BCUT2D eigenvalue weighted by atomic mass is 9.80. The fraction of sp³-hybridized carbons (Fsp3) is 0.750. The van der Waals surface area contributed by atoms with E-state index in [1.807, 2.05) is 0 Å². The number of nitrogens with zero attached hydrogens (tertiary/aromatic N) is 1. The Labute approximate surface area is 120 Å². The van der Waals surface area contributed by atoms with Gasteiger partial charge in [0.05, 0.1) is 5.69 Å². The predicted molar refractivity (Wildman–Crippen MR) is 79.7 cm³/mol. The molecule has 0 aliphatic heterocycles. The van der Waals surface area contributed by atoms with Gasteiger partial charge in [-0.05, 0) is 31.6 Å². The number of nitrogens with one attached hydrogen (secondary N) is 2. The summed E-state index contributed by atoms with van der Waals surface area (Å²) in [6.45, 7) is 2.99. The monoisotopic (exact) mass is 275 g/mol. The molecule has 20 heavy (non-hydrogen) atoms. The summed E-state index contributed by atoms with van der Waals surface area (Å²) in [4.78, 5) is 19.5. The van der Waals surface area contributed by atoms with Crippen LogP contribution < -0.4 is 10.9 Å². The van der Waals surface area contributed by atoms with Crippen LogP contribution in [0.3, 0.4) is 0 Å². The first kappa shape index (κ1) is 13.8. The number of aromatic amines is 1. The molecule has 2 unspecified atom stereocenters. The Kier molecular flexibility index (Phi) is 4.20. The number of hydrogen-bond acceptors (Lipinski definition) is 3. The van der Waals surface area contributed by atoms with Gasteiger partial charge in [-0.2, -0.15) is 0 Å². The van der Waals surface area contributed by atoms with E-state index in [2.05, 4.69) is 17.2 Å². The molecule has 1 heterocycles. The molecule has 2 fully saturated rings. The Morgan fingerprint density at radius 1 is 1.35 bits per heavy atom. The standard InChI is InChI=1S/C16H25N3O/c1-2-11-4-3-5-12(8-11)16-18-14(9-15(20)19-16)10-17-13-6-7-13/h9,11-13,17H,2-8,10H2,1H3,(H,18,19,20). The average molecular weight is 275 g/mol. The van der Waals surface area contributed by atoms with Crippen LogP contribution in [-0.2, 0) is 6.54 Å². The molecule has 0 spiro atoms. The van der Waals surface area contributed by atoms with Gasteiger partial charge >= 0.3 is 0 Å². The molecule has 2 atom stereocenters. The van der Waals surface area contributed by atoms with Crippen molar-refractivity contribution in [1.29, 1.82) is 0 Å². The second kappa shape index (κ2) is 6.08. The second-order valence-corrected chi connectivity index (χ2v) is 6.41. The maximum Gasteiger partial charge on any atom is 0.251 e. The van der Waals surface area contributed by atoms with Gasteiger partial charge in [-0.15, -0.1) is 0 Å². The van der Waals surface area contributed by atoms with Gasteiger partial charge in [0, 0.05) is 24.6 Å². The molecule has 4 nitrogen and oxygen atoms in total. The quantitative estimate of drug-likeness (QED) is 0.868. The molecule has 4 heteroatoms. The van der Waals surface area contributed by atoms with E-state index < -0.39 is 0 Å². The van der Waals surface area contributed by atoms with Gasteiger partial charge in [0.15, 0.2) is 0 Å². The molecule has 0 amide bonds. The zero-order valence-corrected chi connectivity index (χ0v) is 12.3. The van der Waals surface area contributed by atoms with E-state index in [1.165, 1.54) is 44.9 Å². The van der Waals surface area contributed by atoms with Gasteiger partial charge in [-0.1, -0.05) is 26.2 Å². The molecule has 3 rings (SSSR count). The van der Waals surface area contributed by atoms with Crippen LogP contribution >= 0.6 is 0 Å². The van der Waals surface area contributed by atoms with Gasteiger partial charge in [-0.3, -0.25) is 4.79 Å². The zero-order valence-electron chi connectivity index (χ0n) is 12.3. The molecule has 2 aliphatic carbocycles. The fourth-order valence-corrected chi connectivity index (χ4v) is 3.26. The summed E-state index contributed by atoms with van der Waals surface area (Å²) < 4.78 is 0. The van der Waals surface area contributed by atoms with Gasteiger partial charge in [0.25, 0.3) is 5.56 Å². The van der Waals surface area contributed by atoms with E-state index in [1.54, 1.807) is 6.07 Å². The maximum absolute atomic E-state index is 11.8. The van der Waals surface area contributed by atoms with Crippen molar-refractivity contribution in [2.45, 2.75) is 70.4 Å². The molecule has 2 saturated carbocycles. The van der Waals surface area contributed by atoms with E-state index >= 15 is 0 Å². The molecule has 2 N–H and O–H groups in total. The summed E-state index contributed by atoms with van der Waals surface area (Å²) in [5.41, 5.74) is 0.899. The van der Waals surface area contributed by atoms with Crippen LogP contribution in [-0.4, -0.2) is 16.0 Å². The molecule has 1 aromatic rings. The number of rotatable bonds is 5. The first-order chi connectivity index (χ1) is 9.74. The summed E-state index contributed by atoms with van der Waals surface area (Å²) in [5, 5.41) is 3.43. The minimum atomic E-state index is 0.00113. The maximum atomic E-state index is 11.8. The largest absolute Gasteiger partial charge is 0.310 e. The minimum absolute atomic E-state index is 0.00113. The highest BCUT2D eigenvalue weighted by molar-refractivity contribution is 5.07. The lowest BCUT2D eigenvalue weighted by Crippen LogP contribution is -2.23. The van der Waals surface area contributed by atoms with Gasteiger partial charge in [-0.25, -0.2) is 4.98 Å². The minimum Gasteiger partial charge on any atom is -0.310 e. The third kappa shape index (κ3) is 3.48. The van der Waals surface area contributed by atoms with Gasteiger partial charge in [0.1, 0.15) is 5.82 Å². The summed E-state index contributed by atoms with van der Waals surface area (Å²) in [6.07, 6.45) is 8.70. The van der Waals surface area contributed by atoms with Crippen molar-refractivity contribution in [2.24, 2.45) is 5.92 Å². The SMILES string of the molecule is CCC1CCCC(c2nc(CNC3CC3)cc(=O)[nH]2)C1. The topological polar surface area (TPSA) is 57.8 Å². The van der Waals surface area contributed by atoms with Crippen molar-refractivity contribution >= 4 is 0 Å². The van der Waals surface area contributed by atoms with E-state index in [0.29, 0.717) is 12.0 Å². The number of aromatic nitrogens is 2. The second-order valence-electron chi connectivity index (χ2n) is 6.41.